The lowest BCUT2D eigenvalue weighted by Crippen LogP contribution is -2.32. The van der Waals surface area contributed by atoms with E-state index in [1.54, 1.807) is 24.1 Å². The maximum Gasteiger partial charge on any atom is 0.258 e. The number of carbonyl (C=O) groups is 2. The van der Waals surface area contributed by atoms with Gasteiger partial charge in [0.15, 0.2) is 0 Å². The third kappa shape index (κ3) is 6.23. The van der Waals surface area contributed by atoms with Crippen LogP contribution in [0.1, 0.15) is 34.3 Å². The highest BCUT2D eigenvalue weighted by Gasteiger charge is 2.20. The Morgan fingerprint density at radius 3 is 2.50 bits per heavy atom. The van der Waals surface area contributed by atoms with Crippen molar-refractivity contribution in [3.05, 3.63) is 95.6 Å². The van der Waals surface area contributed by atoms with Gasteiger partial charge < -0.3 is 19.7 Å². The van der Waals surface area contributed by atoms with Gasteiger partial charge in [0, 0.05) is 24.4 Å². The van der Waals surface area contributed by atoms with E-state index in [9.17, 15) is 9.59 Å². The highest BCUT2D eigenvalue weighted by atomic mass is 16.5. The maximum atomic E-state index is 13.5. The molecule has 0 radical (unpaired) electrons. The Morgan fingerprint density at radius 1 is 1.00 bits per heavy atom. The molecule has 3 aromatic carbocycles. The van der Waals surface area contributed by atoms with Gasteiger partial charge in [0.05, 0.1) is 26.2 Å². The van der Waals surface area contributed by atoms with Crippen molar-refractivity contribution in [2.75, 3.05) is 25.2 Å². The molecule has 176 valence electrons. The quantitative estimate of drug-likeness (QED) is 0.517. The van der Waals surface area contributed by atoms with E-state index >= 15 is 0 Å². The van der Waals surface area contributed by atoms with Gasteiger partial charge in [-0.1, -0.05) is 48.5 Å². The average molecular weight is 459 g/mol. The molecule has 0 bridgehead atoms. The second-order valence-corrected chi connectivity index (χ2v) is 8.39. The predicted molar refractivity (Wildman–Crippen MR) is 132 cm³/mol. The molecule has 2 amide bonds. The van der Waals surface area contributed by atoms with Crippen LogP contribution in [0.5, 0.6) is 5.75 Å². The molecule has 1 heterocycles. The molecule has 0 unspecified atom stereocenters. The van der Waals surface area contributed by atoms with Crippen LogP contribution in [0.15, 0.2) is 78.9 Å². The largest absolute Gasteiger partial charge is 0.497 e. The van der Waals surface area contributed by atoms with Gasteiger partial charge in [-0.15, -0.1) is 0 Å². The molecular formula is C28H30N2O4. The lowest BCUT2D eigenvalue weighted by atomic mass is 10.1. The van der Waals surface area contributed by atoms with Gasteiger partial charge in [0.1, 0.15) is 5.75 Å². The number of nitrogens with zero attached hydrogens (tertiary/aromatic N) is 1. The molecule has 0 saturated carbocycles. The van der Waals surface area contributed by atoms with Crippen LogP contribution in [0.25, 0.3) is 0 Å². The molecule has 6 nitrogen and oxygen atoms in total. The first-order chi connectivity index (χ1) is 16.6. The zero-order chi connectivity index (χ0) is 23.8. The van der Waals surface area contributed by atoms with Gasteiger partial charge in [-0.2, -0.15) is 0 Å². The van der Waals surface area contributed by atoms with Crippen molar-refractivity contribution >= 4 is 17.5 Å². The van der Waals surface area contributed by atoms with E-state index in [1.165, 1.54) is 0 Å². The fourth-order valence-corrected chi connectivity index (χ4v) is 4.03. The van der Waals surface area contributed by atoms with Crippen LogP contribution in [0.2, 0.25) is 0 Å². The SMILES string of the molecule is COc1cccc(C(=O)N(Cc2ccccc2)c2ccc(CC(=O)NC[C@@H]3CCCO3)cc2)c1. The van der Waals surface area contributed by atoms with Crippen molar-refractivity contribution in [3.63, 3.8) is 0 Å². The van der Waals surface area contributed by atoms with E-state index in [2.05, 4.69) is 5.32 Å². The Bertz CT molecular complexity index is 1090. The zero-order valence-electron chi connectivity index (χ0n) is 19.4. The molecule has 0 aromatic heterocycles. The summed E-state index contributed by atoms with van der Waals surface area (Å²) >= 11 is 0. The number of hydrogen-bond acceptors (Lipinski definition) is 4. The van der Waals surface area contributed by atoms with Crippen LogP contribution >= 0.6 is 0 Å². The molecule has 4 rings (SSSR count). The van der Waals surface area contributed by atoms with E-state index < -0.39 is 0 Å². The summed E-state index contributed by atoms with van der Waals surface area (Å²) in [5.74, 6) is 0.483. The van der Waals surface area contributed by atoms with Crippen molar-refractivity contribution in [2.24, 2.45) is 0 Å². The molecule has 1 saturated heterocycles. The Labute approximate surface area is 200 Å². The van der Waals surface area contributed by atoms with Gasteiger partial charge in [0.25, 0.3) is 5.91 Å². The summed E-state index contributed by atoms with van der Waals surface area (Å²) < 4.78 is 10.9. The summed E-state index contributed by atoms with van der Waals surface area (Å²) in [6.45, 7) is 1.75. The molecule has 1 fully saturated rings. The van der Waals surface area contributed by atoms with E-state index in [0.717, 1.165) is 36.3 Å². The highest BCUT2D eigenvalue weighted by molar-refractivity contribution is 6.06. The predicted octanol–water partition coefficient (Wildman–Crippen LogP) is 4.38. The van der Waals surface area contributed by atoms with E-state index in [4.69, 9.17) is 9.47 Å². The molecule has 0 aliphatic carbocycles. The molecule has 34 heavy (non-hydrogen) atoms. The number of nitrogens with one attached hydrogen (secondary N) is 1. The Balaban J connectivity index is 1.48. The first-order valence-corrected chi connectivity index (χ1v) is 11.6. The Hall–Kier alpha value is -3.64. The number of benzene rings is 3. The number of hydrogen-bond donors (Lipinski definition) is 1. The molecule has 1 atom stereocenters. The van der Waals surface area contributed by atoms with E-state index in [1.807, 2.05) is 66.7 Å². The minimum atomic E-state index is -0.121. The van der Waals surface area contributed by atoms with Gasteiger partial charge in [-0.25, -0.2) is 0 Å². The molecular weight excluding hydrogens is 428 g/mol. The molecule has 6 heteroatoms. The lowest BCUT2D eigenvalue weighted by Gasteiger charge is -2.24. The van der Waals surface area contributed by atoms with Crippen molar-refractivity contribution in [1.82, 2.24) is 5.32 Å². The molecule has 0 spiro atoms. The number of amides is 2. The summed E-state index contributed by atoms with van der Waals surface area (Å²) in [4.78, 5) is 27.6. The van der Waals surface area contributed by atoms with Crippen molar-refractivity contribution in [2.45, 2.75) is 31.9 Å². The monoisotopic (exact) mass is 458 g/mol. The number of carbonyl (C=O) groups excluding carboxylic acids is 2. The van der Waals surface area contributed by atoms with Gasteiger partial charge >= 0.3 is 0 Å². The topological polar surface area (TPSA) is 67.9 Å². The van der Waals surface area contributed by atoms with Crippen LogP contribution in [0.3, 0.4) is 0 Å². The summed E-state index contributed by atoms with van der Waals surface area (Å²) in [5.41, 5.74) is 3.23. The summed E-state index contributed by atoms with van der Waals surface area (Å²) in [7, 11) is 1.58. The second kappa shape index (κ2) is 11.5. The van der Waals surface area contributed by atoms with Gasteiger partial charge in [-0.05, 0) is 54.3 Å². The summed E-state index contributed by atoms with van der Waals surface area (Å²) in [6, 6.07) is 24.6. The first-order valence-electron chi connectivity index (χ1n) is 11.6. The lowest BCUT2D eigenvalue weighted by molar-refractivity contribution is -0.120. The van der Waals surface area contributed by atoms with Crippen molar-refractivity contribution in [3.8, 4) is 5.75 Å². The first kappa shape index (κ1) is 23.5. The van der Waals surface area contributed by atoms with Gasteiger partial charge in [-0.3, -0.25) is 9.59 Å². The van der Waals surface area contributed by atoms with Gasteiger partial charge in [0.2, 0.25) is 5.91 Å². The molecule has 1 aliphatic heterocycles. The maximum absolute atomic E-state index is 13.5. The fraction of sp³-hybridized carbons (Fsp3) is 0.286. The minimum Gasteiger partial charge on any atom is -0.497 e. The minimum absolute atomic E-state index is 0.0307. The number of ether oxygens (including phenoxy) is 2. The Morgan fingerprint density at radius 2 is 1.79 bits per heavy atom. The number of rotatable bonds is 9. The molecule has 3 aromatic rings. The standard InChI is InChI=1S/C28H30N2O4/c1-33-25-10-5-9-23(18-25)28(32)30(20-22-7-3-2-4-8-22)24-14-12-21(13-15-24)17-27(31)29-19-26-11-6-16-34-26/h2-5,7-10,12-15,18,26H,6,11,16-17,19-20H2,1H3,(H,29,31)/t26-/m0/s1. The summed E-state index contributed by atoms with van der Waals surface area (Å²) in [6.07, 6.45) is 2.46. The fourth-order valence-electron chi connectivity index (χ4n) is 4.03. The zero-order valence-corrected chi connectivity index (χ0v) is 19.4. The van der Waals surface area contributed by atoms with Crippen LogP contribution in [0, 0.1) is 0 Å². The number of methoxy groups -OCH3 is 1. The van der Waals surface area contributed by atoms with E-state index in [-0.39, 0.29) is 24.3 Å². The Kier molecular flexibility index (Phi) is 7.94. The molecule has 1 aliphatic rings. The van der Waals surface area contributed by atoms with Crippen LogP contribution in [-0.4, -0.2) is 38.2 Å². The van der Waals surface area contributed by atoms with Crippen LogP contribution < -0.4 is 15.0 Å². The van der Waals surface area contributed by atoms with Crippen molar-refractivity contribution in [1.29, 1.82) is 0 Å². The molecule has 1 N–H and O–H groups in total. The highest BCUT2D eigenvalue weighted by Crippen LogP contribution is 2.23. The number of anilines is 1. The summed E-state index contributed by atoms with van der Waals surface area (Å²) in [5, 5.41) is 2.95. The van der Waals surface area contributed by atoms with E-state index in [0.29, 0.717) is 24.4 Å². The third-order valence-corrected chi connectivity index (χ3v) is 5.91. The van der Waals surface area contributed by atoms with Crippen LogP contribution in [-0.2, 0) is 22.5 Å². The van der Waals surface area contributed by atoms with Crippen LogP contribution in [0.4, 0.5) is 5.69 Å². The third-order valence-electron chi connectivity index (χ3n) is 5.91. The normalized spacial score (nSPS) is 15.0. The smallest absolute Gasteiger partial charge is 0.258 e. The average Bonchev–Trinajstić information content (AvgIpc) is 3.41. The second-order valence-electron chi connectivity index (χ2n) is 8.39. The van der Waals surface area contributed by atoms with Crippen molar-refractivity contribution < 1.29 is 19.1 Å².